The highest BCUT2D eigenvalue weighted by atomic mass is 19.1. The molecule has 18 nitrogen and oxygen atoms in total. The summed E-state index contributed by atoms with van der Waals surface area (Å²) in [5.74, 6) is 3.93. The third kappa shape index (κ3) is 9.72. The first-order valence-electron chi connectivity index (χ1n) is 24.7. The van der Waals surface area contributed by atoms with E-state index in [1.807, 2.05) is 34.3 Å². The minimum atomic E-state index is -1.05. The van der Waals surface area contributed by atoms with Crippen LogP contribution in [-0.2, 0) is 14.4 Å². The SMILES string of the molecule is Cc1nc2c(F)cc(-c3nc(Nc4ccc(N5CCN(C(=O)CCCC#Cc6ccc(C(=O)N7CCN(c8cccc9c8C(=O)N(C8CCC(=O)NC8=O)C9=O)CC7)cc6)CC5)cn4)ncc3F)cc2n1C(C)C. The van der Waals surface area contributed by atoms with Gasteiger partial charge in [-0.1, -0.05) is 17.9 Å². The summed E-state index contributed by atoms with van der Waals surface area (Å²) >= 11 is 0. The van der Waals surface area contributed by atoms with E-state index in [0.29, 0.717) is 100 Å². The van der Waals surface area contributed by atoms with Gasteiger partial charge in [-0.15, -0.1) is 0 Å². The zero-order valence-corrected chi connectivity index (χ0v) is 41.0. The molecule has 0 spiro atoms. The molecule has 6 amide bonds. The summed E-state index contributed by atoms with van der Waals surface area (Å²) in [4.78, 5) is 104. The maximum atomic E-state index is 15.2. The molecular weight excluding hydrogens is 951 g/mol. The number of carbonyl (C=O) groups is 6. The van der Waals surface area contributed by atoms with Crippen LogP contribution in [-0.4, -0.2) is 133 Å². The van der Waals surface area contributed by atoms with E-state index in [1.165, 1.54) is 6.07 Å². The van der Waals surface area contributed by atoms with Crippen LogP contribution in [0.2, 0.25) is 0 Å². The number of halogens is 2. The number of piperidine rings is 1. The molecule has 7 heterocycles. The van der Waals surface area contributed by atoms with Gasteiger partial charge in [0.15, 0.2) is 11.6 Å². The summed E-state index contributed by atoms with van der Waals surface area (Å²) in [6.07, 6.45) is 4.38. The van der Waals surface area contributed by atoms with E-state index in [4.69, 9.17) is 0 Å². The molecule has 1 unspecified atom stereocenters. The lowest BCUT2D eigenvalue weighted by Crippen LogP contribution is -2.54. The largest absolute Gasteiger partial charge is 0.367 e. The number of anilines is 4. The topological polar surface area (TPSA) is 199 Å². The van der Waals surface area contributed by atoms with E-state index in [2.05, 4.69) is 47.3 Å². The van der Waals surface area contributed by atoms with Gasteiger partial charge in [0.2, 0.25) is 23.7 Å². The summed E-state index contributed by atoms with van der Waals surface area (Å²) in [5.41, 5.74) is 4.13. The minimum absolute atomic E-state index is 0.0157. The molecule has 3 fully saturated rings. The Morgan fingerprint density at radius 3 is 2.28 bits per heavy atom. The molecule has 4 aliphatic heterocycles. The molecule has 0 radical (unpaired) electrons. The highest BCUT2D eigenvalue weighted by Crippen LogP contribution is 2.35. The third-order valence-corrected chi connectivity index (χ3v) is 13.9. The Morgan fingerprint density at radius 1 is 0.824 bits per heavy atom. The molecule has 4 aliphatic rings. The van der Waals surface area contributed by atoms with Crippen molar-refractivity contribution >= 4 is 69.6 Å². The van der Waals surface area contributed by atoms with Crippen molar-refractivity contribution in [1.82, 2.24) is 44.5 Å². The number of nitrogens with zero attached hydrogens (tertiary/aromatic N) is 10. The molecule has 6 aromatic rings. The number of nitrogens with one attached hydrogen (secondary N) is 2. The molecule has 20 heteroatoms. The fraction of sp³-hybridized carbons (Fsp3) is 0.333. The van der Waals surface area contributed by atoms with Crippen LogP contribution in [0.1, 0.15) is 94.5 Å². The van der Waals surface area contributed by atoms with Gasteiger partial charge < -0.3 is 29.5 Å². The van der Waals surface area contributed by atoms with E-state index >= 15 is 8.78 Å². The quantitative estimate of drug-likeness (QED) is 0.0867. The summed E-state index contributed by atoms with van der Waals surface area (Å²) in [6.45, 7) is 9.76. The van der Waals surface area contributed by atoms with Crippen LogP contribution in [0.5, 0.6) is 0 Å². The highest BCUT2D eigenvalue weighted by Gasteiger charge is 2.46. The van der Waals surface area contributed by atoms with Crippen molar-refractivity contribution in [1.29, 1.82) is 0 Å². The number of hydrogen-bond donors (Lipinski definition) is 2. The first-order valence-corrected chi connectivity index (χ1v) is 24.7. The third-order valence-electron chi connectivity index (χ3n) is 13.9. The van der Waals surface area contributed by atoms with E-state index in [1.54, 1.807) is 72.6 Å². The monoisotopic (exact) mass is 1000 g/mol. The molecule has 1 atom stereocenters. The van der Waals surface area contributed by atoms with Gasteiger partial charge in [0.1, 0.15) is 28.9 Å². The van der Waals surface area contributed by atoms with E-state index in [0.717, 1.165) is 22.3 Å². The number of hydrogen-bond acceptors (Lipinski definition) is 13. The number of aromatic nitrogens is 5. The predicted octanol–water partition coefficient (Wildman–Crippen LogP) is 6.03. The van der Waals surface area contributed by atoms with Crippen LogP contribution in [0.25, 0.3) is 22.3 Å². The van der Waals surface area contributed by atoms with Gasteiger partial charge in [0.25, 0.3) is 17.7 Å². The van der Waals surface area contributed by atoms with Crippen molar-refractivity contribution < 1.29 is 37.5 Å². The predicted molar refractivity (Wildman–Crippen MR) is 271 cm³/mol. The molecule has 0 bridgehead atoms. The Morgan fingerprint density at radius 2 is 1.57 bits per heavy atom. The Hall–Kier alpha value is -8.60. The summed E-state index contributed by atoms with van der Waals surface area (Å²) in [7, 11) is 0. The molecule has 378 valence electrons. The lowest BCUT2D eigenvalue weighted by molar-refractivity contribution is -0.136. The average molecular weight is 1000 g/mol. The van der Waals surface area contributed by atoms with Crippen LogP contribution >= 0.6 is 0 Å². The number of imidazole rings is 1. The fourth-order valence-electron chi connectivity index (χ4n) is 10.1. The second kappa shape index (κ2) is 20.5. The lowest BCUT2D eigenvalue weighted by Gasteiger charge is -2.36. The van der Waals surface area contributed by atoms with Gasteiger partial charge in [0, 0.05) is 94.4 Å². The number of pyridine rings is 1. The van der Waals surface area contributed by atoms with Crippen molar-refractivity contribution in [2.75, 3.05) is 67.5 Å². The number of imide groups is 2. The zero-order chi connectivity index (χ0) is 51.8. The van der Waals surface area contributed by atoms with Crippen LogP contribution in [0.3, 0.4) is 0 Å². The maximum absolute atomic E-state index is 15.2. The van der Waals surface area contributed by atoms with Gasteiger partial charge in [-0.05, 0) is 94.3 Å². The Kier molecular flexibility index (Phi) is 13.6. The second-order valence-corrected chi connectivity index (χ2v) is 18.9. The lowest BCUT2D eigenvalue weighted by atomic mass is 10.0. The molecule has 74 heavy (non-hydrogen) atoms. The van der Waals surface area contributed by atoms with Crippen molar-refractivity contribution in [2.45, 2.75) is 65.0 Å². The number of benzene rings is 3. The number of piperazine rings is 2. The van der Waals surface area contributed by atoms with Gasteiger partial charge >= 0.3 is 0 Å². The molecule has 10 rings (SSSR count). The smallest absolute Gasteiger partial charge is 0.264 e. The zero-order valence-electron chi connectivity index (χ0n) is 41.0. The Balaban J connectivity index is 0.655. The number of amides is 6. The van der Waals surface area contributed by atoms with Crippen molar-refractivity contribution in [3.8, 4) is 23.1 Å². The standard InChI is InChI=1S/C54H52F2N12O6/c1-32(2)67-33(3)59-49-39(55)28-36(29-43(49)67)48-40(56)31-58-54(62-48)60-44-18-16-37(30-57-44)63-20-24-65(25-21-63)46(70)11-6-4-5-8-34-12-14-35(15-13-34)51(72)66-26-22-64(23-27-66)41-10-7-9-38-47(41)53(74)68(52(38)73)42-17-19-45(69)61-50(42)71/h7,9-10,12-16,18,28-32,42H,4,6,11,17,19-27H2,1-3H3,(H,61,69,71)(H,57,58,60,62). The van der Waals surface area contributed by atoms with E-state index in [9.17, 15) is 28.8 Å². The number of unbranched alkanes of at least 4 members (excludes halogenated alkanes) is 1. The van der Waals surface area contributed by atoms with Crippen LogP contribution in [0.15, 0.2) is 79.1 Å². The molecule has 2 N–H and O–H groups in total. The van der Waals surface area contributed by atoms with Gasteiger partial charge in [-0.3, -0.25) is 39.0 Å². The first kappa shape index (κ1) is 49.0. The van der Waals surface area contributed by atoms with Gasteiger partial charge in [-0.2, -0.15) is 0 Å². The van der Waals surface area contributed by atoms with E-state index in [-0.39, 0.29) is 64.5 Å². The Bertz CT molecular complexity index is 3300. The molecule has 3 saturated heterocycles. The summed E-state index contributed by atoms with van der Waals surface area (Å²) in [6, 6.07) is 17.7. The minimum Gasteiger partial charge on any atom is -0.367 e. The maximum Gasteiger partial charge on any atom is 0.264 e. The number of rotatable bonds is 11. The molecule has 3 aromatic heterocycles. The highest BCUT2D eigenvalue weighted by molar-refractivity contribution is 6.25. The normalized spacial score (nSPS) is 16.9. The number of fused-ring (bicyclic) bond motifs is 2. The van der Waals surface area contributed by atoms with Crippen LogP contribution < -0.4 is 20.4 Å². The van der Waals surface area contributed by atoms with Crippen molar-refractivity contribution in [2.24, 2.45) is 0 Å². The van der Waals surface area contributed by atoms with Crippen molar-refractivity contribution in [3.63, 3.8) is 0 Å². The summed E-state index contributed by atoms with van der Waals surface area (Å²) < 4.78 is 32.2. The first-order chi connectivity index (χ1) is 35.7. The average Bonchev–Trinajstić information content (AvgIpc) is 3.88. The van der Waals surface area contributed by atoms with Crippen LogP contribution in [0.4, 0.5) is 31.9 Å². The molecule has 3 aromatic carbocycles. The van der Waals surface area contributed by atoms with Crippen LogP contribution in [0, 0.1) is 30.4 Å². The molecular formula is C54H52F2N12O6. The fourth-order valence-corrected chi connectivity index (χ4v) is 10.1. The number of carbonyl (C=O) groups excluding carboxylic acids is 6. The number of aryl methyl sites for hydroxylation is 1. The van der Waals surface area contributed by atoms with Crippen molar-refractivity contribution in [3.05, 3.63) is 119 Å². The molecule has 0 aliphatic carbocycles. The molecule has 0 saturated carbocycles. The second-order valence-electron chi connectivity index (χ2n) is 18.9. The van der Waals surface area contributed by atoms with E-state index < -0.39 is 41.3 Å². The van der Waals surface area contributed by atoms with Gasteiger partial charge in [-0.25, -0.2) is 28.7 Å². The van der Waals surface area contributed by atoms with Gasteiger partial charge in [0.05, 0.1) is 40.4 Å². The summed E-state index contributed by atoms with van der Waals surface area (Å²) in [5, 5.41) is 5.24. The Labute approximate surface area is 424 Å².